The van der Waals surface area contributed by atoms with Crippen molar-refractivity contribution in [3.05, 3.63) is 48.6 Å². The van der Waals surface area contributed by atoms with Crippen LogP contribution in [0.15, 0.2) is 43.0 Å². The van der Waals surface area contributed by atoms with Crippen LogP contribution < -0.4 is 0 Å². The largest absolute Gasteiger partial charge is 0.383 e. The smallest absolute Gasteiger partial charge is 0.232 e. The molecule has 0 aromatic heterocycles. The number of hydrogen-bond donors (Lipinski definition) is 0. The summed E-state index contributed by atoms with van der Waals surface area (Å²) in [5, 5.41) is 0. The lowest BCUT2D eigenvalue weighted by Crippen LogP contribution is -2.55. The molecular formula is C14H17NO2. The standard InChI is InChI=1S/C14H17NO2/c1-3-12-13(11-7-5-4-6-8-11)15(14(12)16)9-10-17-2/h3-8,12-13H,1,9-10H2,2H3/t12-,13-/m1/s1. The van der Waals surface area contributed by atoms with Crippen molar-refractivity contribution in [3.8, 4) is 0 Å². The number of carbonyl (C=O) groups excluding carboxylic acids is 1. The van der Waals surface area contributed by atoms with E-state index in [0.29, 0.717) is 13.2 Å². The molecule has 0 spiro atoms. The number of carbonyl (C=O) groups is 1. The van der Waals surface area contributed by atoms with E-state index in [1.807, 2.05) is 35.2 Å². The summed E-state index contributed by atoms with van der Waals surface area (Å²) in [6.07, 6.45) is 1.74. The zero-order valence-corrected chi connectivity index (χ0v) is 10.0. The van der Waals surface area contributed by atoms with E-state index < -0.39 is 0 Å². The van der Waals surface area contributed by atoms with Gasteiger partial charge in [0.2, 0.25) is 5.91 Å². The zero-order valence-electron chi connectivity index (χ0n) is 10.0. The lowest BCUT2D eigenvalue weighted by molar-refractivity contribution is -0.154. The highest BCUT2D eigenvalue weighted by atomic mass is 16.5. The normalized spacial score (nSPS) is 23.4. The van der Waals surface area contributed by atoms with Gasteiger partial charge in [0.25, 0.3) is 0 Å². The van der Waals surface area contributed by atoms with Gasteiger partial charge in [0.1, 0.15) is 0 Å². The van der Waals surface area contributed by atoms with Crippen LogP contribution in [0.2, 0.25) is 0 Å². The Morgan fingerprint density at radius 1 is 1.41 bits per heavy atom. The first-order valence-corrected chi connectivity index (χ1v) is 5.76. The molecule has 2 rings (SSSR count). The van der Waals surface area contributed by atoms with Gasteiger partial charge in [-0.3, -0.25) is 4.79 Å². The maximum atomic E-state index is 11.9. The van der Waals surface area contributed by atoms with E-state index >= 15 is 0 Å². The van der Waals surface area contributed by atoms with E-state index in [0.717, 1.165) is 5.56 Å². The minimum Gasteiger partial charge on any atom is -0.383 e. The molecule has 1 aliphatic rings. The molecule has 1 aliphatic heterocycles. The van der Waals surface area contributed by atoms with Crippen LogP contribution in [0.4, 0.5) is 0 Å². The molecule has 0 N–H and O–H groups in total. The fraction of sp³-hybridized carbons (Fsp3) is 0.357. The van der Waals surface area contributed by atoms with Crippen molar-refractivity contribution in [2.24, 2.45) is 5.92 Å². The Labute approximate surface area is 102 Å². The topological polar surface area (TPSA) is 29.5 Å². The Hall–Kier alpha value is -1.61. The third-order valence-corrected chi connectivity index (χ3v) is 3.18. The van der Waals surface area contributed by atoms with Crippen molar-refractivity contribution < 1.29 is 9.53 Å². The lowest BCUT2D eigenvalue weighted by Gasteiger charge is -2.46. The second kappa shape index (κ2) is 5.15. The number of benzene rings is 1. The molecule has 3 nitrogen and oxygen atoms in total. The van der Waals surface area contributed by atoms with Crippen LogP contribution in [-0.2, 0) is 9.53 Å². The molecule has 0 aliphatic carbocycles. The minimum atomic E-state index is -0.0887. The van der Waals surface area contributed by atoms with Gasteiger partial charge in [0.15, 0.2) is 0 Å². The van der Waals surface area contributed by atoms with E-state index in [2.05, 4.69) is 6.58 Å². The Morgan fingerprint density at radius 3 is 2.71 bits per heavy atom. The van der Waals surface area contributed by atoms with Gasteiger partial charge < -0.3 is 9.64 Å². The molecule has 1 heterocycles. The van der Waals surface area contributed by atoms with Gasteiger partial charge >= 0.3 is 0 Å². The van der Waals surface area contributed by atoms with Crippen LogP contribution in [0.1, 0.15) is 11.6 Å². The van der Waals surface area contributed by atoms with Crippen molar-refractivity contribution in [3.63, 3.8) is 0 Å². The third kappa shape index (κ3) is 2.11. The Morgan fingerprint density at radius 2 is 2.12 bits per heavy atom. The molecule has 2 atom stereocenters. The van der Waals surface area contributed by atoms with Gasteiger partial charge in [0, 0.05) is 13.7 Å². The Balaban J connectivity index is 2.17. The van der Waals surface area contributed by atoms with Crippen molar-refractivity contribution in [1.82, 2.24) is 4.90 Å². The van der Waals surface area contributed by atoms with Gasteiger partial charge in [-0.2, -0.15) is 0 Å². The van der Waals surface area contributed by atoms with E-state index in [1.165, 1.54) is 0 Å². The summed E-state index contributed by atoms with van der Waals surface area (Å²) in [6.45, 7) is 4.95. The van der Waals surface area contributed by atoms with Gasteiger partial charge in [-0.1, -0.05) is 36.4 Å². The fourth-order valence-electron chi connectivity index (χ4n) is 2.28. The highest BCUT2D eigenvalue weighted by Crippen LogP contribution is 2.40. The number of nitrogens with zero attached hydrogens (tertiary/aromatic N) is 1. The Kier molecular flexibility index (Phi) is 3.59. The van der Waals surface area contributed by atoms with E-state index in [4.69, 9.17) is 4.74 Å². The first-order valence-electron chi connectivity index (χ1n) is 5.76. The van der Waals surface area contributed by atoms with Crippen LogP contribution in [0.25, 0.3) is 0 Å². The highest BCUT2D eigenvalue weighted by Gasteiger charge is 2.45. The highest BCUT2D eigenvalue weighted by molar-refractivity contribution is 5.88. The number of amides is 1. The lowest BCUT2D eigenvalue weighted by atomic mass is 9.82. The second-order valence-electron chi connectivity index (χ2n) is 4.14. The zero-order chi connectivity index (χ0) is 12.3. The molecule has 1 amide bonds. The summed E-state index contributed by atoms with van der Waals surface area (Å²) in [5.41, 5.74) is 1.16. The molecule has 1 aromatic rings. The maximum absolute atomic E-state index is 11.9. The molecule has 1 saturated heterocycles. The van der Waals surface area contributed by atoms with E-state index in [9.17, 15) is 4.79 Å². The van der Waals surface area contributed by atoms with Crippen molar-refractivity contribution in [2.45, 2.75) is 6.04 Å². The summed E-state index contributed by atoms with van der Waals surface area (Å²) >= 11 is 0. The molecule has 0 unspecified atom stereocenters. The van der Waals surface area contributed by atoms with Crippen LogP contribution >= 0.6 is 0 Å². The van der Waals surface area contributed by atoms with Crippen LogP contribution in [0.3, 0.4) is 0 Å². The molecule has 3 heteroatoms. The first kappa shape index (κ1) is 11.9. The SMILES string of the molecule is C=C[C@H]1C(=O)N(CCOC)[C@@H]1c1ccccc1. The maximum Gasteiger partial charge on any atom is 0.232 e. The van der Waals surface area contributed by atoms with Crippen LogP contribution in [-0.4, -0.2) is 31.1 Å². The van der Waals surface area contributed by atoms with Crippen molar-refractivity contribution in [1.29, 1.82) is 0 Å². The fourth-order valence-corrected chi connectivity index (χ4v) is 2.28. The third-order valence-electron chi connectivity index (χ3n) is 3.18. The van der Waals surface area contributed by atoms with Gasteiger partial charge in [-0.15, -0.1) is 6.58 Å². The number of likely N-dealkylation sites (tertiary alicyclic amines) is 1. The van der Waals surface area contributed by atoms with Crippen LogP contribution in [0.5, 0.6) is 0 Å². The van der Waals surface area contributed by atoms with Crippen LogP contribution in [0, 0.1) is 5.92 Å². The molecule has 0 saturated carbocycles. The molecule has 1 aromatic carbocycles. The van der Waals surface area contributed by atoms with E-state index in [-0.39, 0.29) is 17.9 Å². The van der Waals surface area contributed by atoms with Crippen molar-refractivity contribution in [2.75, 3.05) is 20.3 Å². The monoisotopic (exact) mass is 231 g/mol. The summed E-state index contributed by atoms with van der Waals surface area (Å²) in [7, 11) is 1.65. The average molecular weight is 231 g/mol. The minimum absolute atomic E-state index is 0.0887. The summed E-state index contributed by atoms with van der Waals surface area (Å²) in [6, 6.07) is 10.2. The number of β-lactam (4-membered cyclic amide) rings is 1. The quantitative estimate of drug-likeness (QED) is 0.573. The number of methoxy groups -OCH3 is 1. The summed E-state index contributed by atoms with van der Waals surface area (Å²) in [5.74, 6) is 0.0557. The predicted molar refractivity (Wildman–Crippen MR) is 66.5 cm³/mol. The average Bonchev–Trinajstić information content (AvgIpc) is 2.37. The van der Waals surface area contributed by atoms with E-state index in [1.54, 1.807) is 13.2 Å². The van der Waals surface area contributed by atoms with Gasteiger partial charge in [-0.05, 0) is 5.56 Å². The second-order valence-corrected chi connectivity index (χ2v) is 4.14. The molecule has 1 fully saturated rings. The van der Waals surface area contributed by atoms with Gasteiger partial charge in [-0.25, -0.2) is 0 Å². The predicted octanol–water partition coefficient (Wildman–Crippen LogP) is 2.02. The number of ether oxygens (including phenoxy) is 1. The summed E-state index contributed by atoms with van der Waals surface area (Å²) < 4.78 is 5.03. The molecule has 0 bridgehead atoms. The Bertz CT molecular complexity index is 402. The number of rotatable bonds is 5. The number of hydrogen-bond acceptors (Lipinski definition) is 2. The van der Waals surface area contributed by atoms with Crippen molar-refractivity contribution >= 4 is 5.91 Å². The molecular weight excluding hydrogens is 214 g/mol. The van der Waals surface area contributed by atoms with Gasteiger partial charge in [0.05, 0.1) is 18.6 Å². The molecule has 90 valence electrons. The molecule has 17 heavy (non-hydrogen) atoms. The molecule has 0 radical (unpaired) electrons. The first-order chi connectivity index (χ1) is 8.29. The summed E-state index contributed by atoms with van der Waals surface area (Å²) in [4.78, 5) is 13.7.